The molecule has 0 aliphatic rings. The molecule has 2 rings (SSSR count). The predicted molar refractivity (Wildman–Crippen MR) is 86.6 cm³/mol. The molecule has 0 aromatic heterocycles. The van der Waals surface area contributed by atoms with Crippen LogP contribution < -0.4 is 5.73 Å². The molecule has 1 unspecified atom stereocenters. The van der Waals surface area contributed by atoms with Crippen LogP contribution in [0.15, 0.2) is 72.8 Å². The van der Waals surface area contributed by atoms with Crippen LogP contribution in [-0.4, -0.2) is 6.04 Å². The summed E-state index contributed by atoms with van der Waals surface area (Å²) in [6, 6.07) is 21.3. The number of hydrogen-bond donors (Lipinski definition) is 1. The van der Waals surface area contributed by atoms with Crippen molar-refractivity contribution in [3.05, 3.63) is 83.9 Å². The van der Waals surface area contributed by atoms with Gasteiger partial charge < -0.3 is 5.73 Å². The van der Waals surface area contributed by atoms with Gasteiger partial charge in [0.05, 0.1) is 0 Å². The van der Waals surface area contributed by atoms with Crippen molar-refractivity contribution < 1.29 is 0 Å². The van der Waals surface area contributed by atoms with E-state index in [0.29, 0.717) is 0 Å². The Labute approximate surface area is 122 Å². The van der Waals surface area contributed by atoms with Crippen LogP contribution in [-0.2, 0) is 12.8 Å². The molecule has 0 amide bonds. The van der Waals surface area contributed by atoms with Crippen molar-refractivity contribution in [3.8, 4) is 0 Å². The molecule has 104 valence electrons. The van der Waals surface area contributed by atoms with Crippen molar-refractivity contribution in [1.29, 1.82) is 0 Å². The van der Waals surface area contributed by atoms with Crippen LogP contribution in [0.5, 0.6) is 0 Å². The number of hydrogen-bond acceptors (Lipinski definition) is 1. The third-order valence-electron chi connectivity index (χ3n) is 3.43. The van der Waals surface area contributed by atoms with E-state index in [4.69, 9.17) is 5.73 Å². The minimum absolute atomic E-state index is 0.158. The van der Waals surface area contributed by atoms with Gasteiger partial charge in [-0.3, -0.25) is 0 Å². The molecule has 0 spiro atoms. The molecule has 0 radical (unpaired) electrons. The Hall–Kier alpha value is -1.86. The molecule has 0 heterocycles. The number of aryl methyl sites for hydroxylation is 2. The fraction of sp³-hybridized carbons (Fsp3) is 0.263. The van der Waals surface area contributed by atoms with Crippen molar-refractivity contribution in [2.45, 2.75) is 31.7 Å². The van der Waals surface area contributed by atoms with E-state index < -0.39 is 0 Å². The summed E-state index contributed by atoms with van der Waals surface area (Å²) in [6.45, 7) is 0. The zero-order valence-corrected chi connectivity index (χ0v) is 11.9. The fourth-order valence-corrected chi connectivity index (χ4v) is 2.24. The monoisotopic (exact) mass is 265 g/mol. The molecule has 0 fully saturated rings. The van der Waals surface area contributed by atoms with Crippen LogP contribution >= 0.6 is 0 Å². The standard InChI is InChI=1S/C19H23N/c20-19(16-15-18-11-5-2-6-12-18)14-8-7-13-17-9-3-1-4-10-17/h1-6,8-12,14,19H,7,13,15-16,20H2/b14-8+. The Bertz CT molecular complexity index is 502. The van der Waals surface area contributed by atoms with Gasteiger partial charge in [0.25, 0.3) is 0 Å². The lowest BCUT2D eigenvalue weighted by Gasteiger charge is -2.06. The van der Waals surface area contributed by atoms with Gasteiger partial charge in [-0.05, 0) is 36.8 Å². The number of allylic oxidation sites excluding steroid dienone is 1. The van der Waals surface area contributed by atoms with Crippen molar-refractivity contribution >= 4 is 0 Å². The first-order valence-corrected chi connectivity index (χ1v) is 7.34. The molecule has 2 N–H and O–H groups in total. The van der Waals surface area contributed by atoms with Gasteiger partial charge in [-0.25, -0.2) is 0 Å². The molecule has 0 aliphatic heterocycles. The highest BCUT2D eigenvalue weighted by atomic mass is 14.6. The normalized spacial score (nSPS) is 12.7. The first kappa shape index (κ1) is 14.5. The maximum atomic E-state index is 6.11. The number of benzene rings is 2. The fourth-order valence-electron chi connectivity index (χ4n) is 2.24. The van der Waals surface area contributed by atoms with Gasteiger partial charge in [0.2, 0.25) is 0 Å². The van der Waals surface area contributed by atoms with Crippen molar-refractivity contribution in [3.63, 3.8) is 0 Å². The van der Waals surface area contributed by atoms with E-state index in [9.17, 15) is 0 Å². The summed E-state index contributed by atoms with van der Waals surface area (Å²) in [5, 5.41) is 0. The topological polar surface area (TPSA) is 26.0 Å². The first-order valence-electron chi connectivity index (χ1n) is 7.34. The van der Waals surface area contributed by atoms with Gasteiger partial charge in [-0.15, -0.1) is 0 Å². The molecule has 0 saturated carbocycles. The third-order valence-corrected chi connectivity index (χ3v) is 3.43. The maximum Gasteiger partial charge on any atom is 0.0226 e. The molecule has 0 bridgehead atoms. The molecule has 1 nitrogen and oxygen atoms in total. The summed E-state index contributed by atoms with van der Waals surface area (Å²) < 4.78 is 0. The summed E-state index contributed by atoms with van der Waals surface area (Å²) in [4.78, 5) is 0. The highest BCUT2D eigenvalue weighted by Crippen LogP contribution is 2.06. The Morgan fingerprint density at radius 2 is 1.35 bits per heavy atom. The second-order valence-electron chi connectivity index (χ2n) is 5.14. The van der Waals surface area contributed by atoms with Crippen LogP contribution in [0.3, 0.4) is 0 Å². The molecule has 0 saturated heterocycles. The van der Waals surface area contributed by atoms with Crippen LogP contribution in [0.2, 0.25) is 0 Å². The lowest BCUT2D eigenvalue weighted by Crippen LogP contribution is -2.17. The van der Waals surface area contributed by atoms with Crippen molar-refractivity contribution in [2.75, 3.05) is 0 Å². The van der Waals surface area contributed by atoms with E-state index in [2.05, 4.69) is 66.7 Å². The van der Waals surface area contributed by atoms with Crippen LogP contribution in [0.4, 0.5) is 0 Å². The third kappa shape index (κ3) is 5.41. The molecule has 20 heavy (non-hydrogen) atoms. The Morgan fingerprint density at radius 3 is 1.95 bits per heavy atom. The highest BCUT2D eigenvalue weighted by Gasteiger charge is 1.98. The Balaban J connectivity index is 1.66. The molecule has 1 atom stereocenters. The predicted octanol–water partition coefficient (Wildman–Crippen LogP) is 4.14. The van der Waals surface area contributed by atoms with E-state index in [-0.39, 0.29) is 6.04 Å². The zero-order chi connectivity index (χ0) is 14.0. The molecule has 1 heteroatoms. The molecular formula is C19H23N. The SMILES string of the molecule is NC(/C=C/CCc1ccccc1)CCc1ccccc1. The van der Waals surface area contributed by atoms with Gasteiger partial charge in [-0.2, -0.15) is 0 Å². The largest absolute Gasteiger partial charge is 0.324 e. The molecule has 2 aromatic rings. The maximum absolute atomic E-state index is 6.11. The number of rotatable bonds is 7. The van der Waals surface area contributed by atoms with Crippen LogP contribution in [0, 0.1) is 0 Å². The zero-order valence-electron chi connectivity index (χ0n) is 11.9. The second kappa shape index (κ2) is 8.34. The average Bonchev–Trinajstić information content (AvgIpc) is 2.52. The summed E-state index contributed by atoms with van der Waals surface area (Å²) >= 11 is 0. The quantitative estimate of drug-likeness (QED) is 0.748. The van der Waals surface area contributed by atoms with Gasteiger partial charge in [0, 0.05) is 6.04 Å². The first-order chi connectivity index (χ1) is 9.84. The molecule has 2 aromatic carbocycles. The van der Waals surface area contributed by atoms with Gasteiger partial charge in [0.15, 0.2) is 0 Å². The minimum Gasteiger partial charge on any atom is -0.324 e. The van der Waals surface area contributed by atoms with Crippen LogP contribution in [0.1, 0.15) is 24.0 Å². The van der Waals surface area contributed by atoms with Crippen molar-refractivity contribution in [1.82, 2.24) is 0 Å². The Morgan fingerprint density at radius 1 is 0.800 bits per heavy atom. The van der Waals surface area contributed by atoms with E-state index in [1.54, 1.807) is 0 Å². The lowest BCUT2D eigenvalue weighted by molar-refractivity contribution is 0.717. The van der Waals surface area contributed by atoms with Gasteiger partial charge in [0.1, 0.15) is 0 Å². The summed E-state index contributed by atoms with van der Waals surface area (Å²) in [6.07, 6.45) is 8.55. The van der Waals surface area contributed by atoms with Gasteiger partial charge >= 0.3 is 0 Å². The average molecular weight is 265 g/mol. The lowest BCUT2D eigenvalue weighted by atomic mass is 10.0. The van der Waals surface area contributed by atoms with Crippen molar-refractivity contribution in [2.24, 2.45) is 5.73 Å². The Kier molecular flexibility index (Phi) is 6.07. The van der Waals surface area contributed by atoms with E-state index in [1.807, 2.05) is 6.07 Å². The minimum atomic E-state index is 0.158. The number of nitrogens with two attached hydrogens (primary N) is 1. The van der Waals surface area contributed by atoms with E-state index >= 15 is 0 Å². The summed E-state index contributed by atoms with van der Waals surface area (Å²) in [5.41, 5.74) is 8.86. The molecule has 0 aliphatic carbocycles. The summed E-state index contributed by atoms with van der Waals surface area (Å²) in [7, 11) is 0. The van der Waals surface area contributed by atoms with E-state index in [1.165, 1.54) is 11.1 Å². The highest BCUT2D eigenvalue weighted by molar-refractivity contribution is 5.16. The van der Waals surface area contributed by atoms with Gasteiger partial charge in [-0.1, -0.05) is 72.8 Å². The second-order valence-corrected chi connectivity index (χ2v) is 5.14. The van der Waals surface area contributed by atoms with E-state index in [0.717, 1.165) is 25.7 Å². The molecular weight excluding hydrogens is 242 g/mol. The smallest absolute Gasteiger partial charge is 0.0226 e. The summed E-state index contributed by atoms with van der Waals surface area (Å²) in [5.74, 6) is 0. The van der Waals surface area contributed by atoms with Crippen LogP contribution in [0.25, 0.3) is 0 Å².